The fourth-order valence-electron chi connectivity index (χ4n) is 2.45. The van der Waals surface area contributed by atoms with Crippen LogP contribution in [0.2, 0.25) is 0 Å². The van der Waals surface area contributed by atoms with E-state index in [-0.39, 0.29) is 34.2 Å². The summed E-state index contributed by atoms with van der Waals surface area (Å²) in [5.41, 5.74) is 0. The predicted molar refractivity (Wildman–Crippen MR) is 49.1 cm³/mol. The predicted octanol–water partition coefficient (Wildman–Crippen LogP) is 0.271. The van der Waals surface area contributed by atoms with Crippen LogP contribution in [-0.2, 0) is 9.59 Å². The van der Waals surface area contributed by atoms with Gasteiger partial charge in [0.15, 0.2) is 0 Å². The van der Waals surface area contributed by atoms with E-state index in [2.05, 4.69) is 12.2 Å². The van der Waals surface area contributed by atoms with Gasteiger partial charge in [0, 0.05) is 17.5 Å². The Morgan fingerprint density at radius 1 is 1.15 bits per heavy atom. The van der Waals surface area contributed by atoms with Crippen molar-refractivity contribution in [3.05, 3.63) is 12.2 Å². The van der Waals surface area contributed by atoms with Gasteiger partial charge in [0.2, 0.25) is 11.8 Å². The van der Waals surface area contributed by atoms with Gasteiger partial charge in [-0.25, -0.2) is 0 Å². The lowest BCUT2D eigenvalue weighted by atomic mass is 9.85. The molecule has 3 heterocycles. The molecule has 0 radical (unpaired) electrons. The van der Waals surface area contributed by atoms with Gasteiger partial charge in [-0.1, -0.05) is 12.2 Å². The molecule has 68 valence electrons. The van der Waals surface area contributed by atoms with Gasteiger partial charge in [-0.2, -0.15) is 0 Å². The molecule has 2 fully saturated rings. The van der Waals surface area contributed by atoms with E-state index in [0.717, 1.165) is 0 Å². The molecule has 3 rings (SSSR count). The number of rotatable bonds is 0. The molecule has 0 aromatic carbocycles. The highest BCUT2D eigenvalue weighted by atomic mass is 32.2. The maximum Gasteiger partial charge on any atom is 0.234 e. The zero-order valence-electron chi connectivity index (χ0n) is 7.14. The lowest BCUT2D eigenvalue weighted by molar-refractivity contribution is -0.138. The van der Waals surface area contributed by atoms with E-state index in [1.165, 1.54) is 4.90 Å². The molecule has 0 aromatic heterocycles. The van der Waals surface area contributed by atoms with E-state index in [9.17, 15) is 9.59 Å². The second-order valence-electron chi connectivity index (χ2n) is 3.74. The Balaban J connectivity index is 2.08. The number of hydrogen-bond donors (Lipinski definition) is 0. The van der Waals surface area contributed by atoms with Crippen LogP contribution >= 0.6 is 11.8 Å². The van der Waals surface area contributed by atoms with E-state index in [1.54, 1.807) is 18.8 Å². The molecule has 0 aliphatic carbocycles. The van der Waals surface area contributed by atoms with Crippen LogP contribution in [-0.4, -0.2) is 34.3 Å². The van der Waals surface area contributed by atoms with Crippen molar-refractivity contribution in [3.63, 3.8) is 0 Å². The lowest BCUT2D eigenvalue weighted by Crippen LogP contribution is -2.28. The second-order valence-corrected chi connectivity index (χ2v) is 5.10. The zero-order chi connectivity index (χ0) is 9.16. The maximum absolute atomic E-state index is 11.6. The summed E-state index contributed by atoms with van der Waals surface area (Å²) in [5, 5.41) is 0.521. The fourth-order valence-corrected chi connectivity index (χ4v) is 4.09. The highest BCUT2D eigenvalue weighted by Gasteiger charge is 2.58. The largest absolute Gasteiger partial charge is 0.285 e. The summed E-state index contributed by atoms with van der Waals surface area (Å²) >= 11 is 1.75. The number of thioether (sulfide) groups is 1. The first kappa shape index (κ1) is 7.62. The van der Waals surface area contributed by atoms with Crippen molar-refractivity contribution < 1.29 is 9.59 Å². The molecule has 4 atom stereocenters. The summed E-state index contributed by atoms with van der Waals surface area (Å²) in [4.78, 5) is 24.6. The molecule has 3 aliphatic rings. The van der Waals surface area contributed by atoms with Crippen LogP contribution in [0.5, 0.6) is 0 Å². The Bertz CT molecular complexity index is 309. The lowest BCUT2D eigenvalue weighted by Gasteiger charge is -2.12. The highest BCUT2D eigenvalue weighted by Crippen LogP contribution is 2.52. The number of fused-ring (bicyclic) bond motifs is 5. The number of likely N-dealkylation sites (tertiary alicyclic amines) is 1. The molecule has 4 unspecified atom stereocenters. The molecule has 4 heteroatoms. The first-order chi connectivity index (χ1) is 6.20. The molecule has 0 saturated carbocycles. The molecule has 2 amide bonds. The van der Waals surface area contributed by atoms with Crippen LogP contribution < -0.4 is 0 Å². The highest BCUT2D eigenvalue weighted by molar-refractivity contribution is 8.01. The average molecular weight is 195 g/mol. The molecular weight excluding hydrogens is 186 g/mol. The van der Waals surface area contributed by atoms with Gasteiger partial charge in [-0.15, -0.1) is 11.8 Å². The minimum Gasteiger partial charge on any atom is -0.285 e. The van der Waals surface area contributed by atoms with Crippen LogP contribution in [0.15, 0.2) is 12.2 Å². The van der Waals surface area contributed by atoms with E-state index in [0.29, 0.717) is 0 Å². The third-order valence-corrected chi connectivity index (χ3v) is 4.66. The molecule has 3 nitrogen and oxygen atoms in total. The molecule has 13 heavy (non-hydrogen) atoms. The van der Waals surface area contributed by atoms with Crippen LogP contribution in [0.3, 0.4) is 0 Å². The average Bonchev–Trinajstić information content (AvgIpc) is 2.76. The summed E-state index contributed by atoms with van der Waals surface area (Å²) in [5.74, 6) is -0.0892. The van der Waals surface area contributed by atoms with Crippen molar-refractivity contribution in [2.75, 3.05) is 7.05 Å². The van der Waals surface area contributed by atoms with Gasteiger partial charge in [0.25, 0.3) is 0 Å². The summed E-state index contributed by atoms with van der Waals surface area (Å²) in [6.07, 6.45) is 4.14. The smallest absolute Gasteiger partial charge is 0.234 e. The normalized spacial score (nSPS) is 46.4. The molecule has 3 aliphatic heterocycles. The topological polar surface area (TPSA) is 37.4 Å². The van der Waals surface area contributed by atoms with E-state index in [4.69, 9.17) is 0 Å². The summed E-state index contributed by atoms with van der Waals surface area (Å²) in [7, 11) is 1.59. The van der Waals surface area contributed by atoms with Crippen molar-refractivity contribution in [2.45, 2.75) is 10.5 Å². The number of hydrogen-bond acceptors (Lipinski definition) is 3. The molecular formula is C9H9NO2S. The monoisotopic (exact) mass is 195 g/mol. The number of imide groups is 1. The van der Waals surface area contributed by atoms with Gasteiger partial charge < -0.3 is 0 Å². The molecule has 2 bridgehead atoms. The summed E-state index contributed by atoms with van der Waals surface area (Å²) in [6, 6.07) is 0. The Kier molecular flexibility index (Phi) is 1.28. The van der Waals surface area contributed by atoms with E-state index >= 15 is 0 Å². The van der Waals surface area contributed by atoms with Crippen LogP contribution in [0, 0.1) is 11.8 Å². The van der Waals surface area contributed by atoms with Gasteiger partial charge in [0.1, 0.15) is 0 Å². The molecule has 0 aromatic rings. The number of amides is 2. The number of nitrogens with zero attached hydrogens (tertiary/aromatic N) is 1. The first-order valence-corrected chi connectivity index (χ1v) is 5.29. The fraction of sp³-hybridized carbons (Fsp3) is 0.556. The standard InChI is InChI=1S/C9H9NO2S/c1-10-8(11)6-4-2-3-5(13-4)7(6)9(10)12/h2-7H,1H3. The van der Waals surface area contributed by atoms with E-state index in [1.807, 2.05) is 0 Å². The molecule has 2 saturated heterocycles. The Morgan fingerprint density at radius 3 is 2.08 bits per heavy atom. The van der Waals surface area contributed by atoms with Crippen molar-refractivity contribution in [3.8, 4) is 0 Å². The van der Waals surface area contributed by atoms with Gasteiger partial charge in [0.05, 0.1) is 11.8 Å². The second kappa shape index (κ2) is 2.18. The SMILES string of the molecule is CN1C(=O)C2C3C=CC(S3)C2C1=O. The Hall–Kier alpha value is -0.770. The minimum absolute atomic E-state index is 0.0133. The van der Waals surface area contributed by atoms with Crippen molar-refractivity contribution in [1.82, 2.24) is 4.90 Å². The summed E-state index contributed by atoms with van der Waals surface area (Å²) < 4.78 is 0. The quantitative estimate of drug-likeness (QED) is 0.411. The number of carbonyl (C=O) groups excluding carboxylic acids is 2. The van der Waals surface area contributed by atoms with Gasteiger partial charge >= 0.3 is 0 Å². The van der Waals surface area contributed by atoms with Crippen molar-refractivity contribution >= 4 is 23.6 Å². The van der Waals surface area contributed by atoms with Gasteiger partial charge in [-0.05, 0) is 0 Å². The molecule has 0 spiro atoms. The van der Waals surface area contributed by atoms with Crippen molar-refractivity contribution in [1.29, 1.82) is 0 Å². The zero-order valence-corrected chi connectivity index (χ0v) is 7.95. The minimum atomic E-state index is -0.0579. The first-order valence-electron chi connectivity index (χ1n) is 4.35. The van der Waals surface area contributed by atoms with Gasteiger partial charge in [-0.3, -0.25) is 14.5 Å². The van der Waals surface area contributed by atoms with E-state index < -0.39 is 0 Å². The van der Waals surface area contributed by atoms with Crippen LogP contribution in [0.4, 0.5) is 0 Å². The summed E-state index contributed by atoms with van der Waals surface area (Å²) in [6.45, 7) is 0. The third kappa shape index (κ3) is 0.729. The Morgan fingerprint density at radius 2 is 1.62 bits per heavy atom. The Labute approximate surface area is 80.2 Å². The number of carbonyl (C=O) groups is 2. The maximum atomic E-state index is 11.6. The molecule has 0 N–H and O–H groups in total. The third-order valence-electron chi connectivity index (χ3n) is 3.13. The van der Waals surface area contributed by atoms with Crippen molar-refractivity contribution in [2.24, 2.45) is 11.8 Å². The van der Waals surface area contributed by atoms with Crippen LogP contribution in [0.25, 0.3) is 0 Å². The van der Waals surface area contributed by atoms with Crippen LogP contribution in [0.1, 0.15) is 0 Å².